The molecule has 0 amide bonds. The minimum Gasteiger partial charge on any atom is -0.504 e. The zero-order valence-electron chi connectivity index (χ0n) is 17.9. The molecule has 0 atom stereocenters. The van der Waals surface area contributed by atoms with E-state index in [-0.39, 0.29) is 5.75 Å². The van der Waals surface area contributed by atoms with Crippen LogP contribution in [-0.4, -0.2) is 23.7 Å². The molecule has 4 rings (SSSR count). The Kier molecular flexibility index (Phi) is 5.94. The molecule has 5 nitrogen and oxygen atoms in total. The fraction of sp³-hybridized carbons (Fsp3) is 0.192. The molecule has 0 unspecified atom stereocenters. The summed E-state index contributed by atoms with van der Waals surface area (Å²) in [6.45, 7) is 5.35. The van der Waals surface area contributed by atoms with Crippen LogP contribution < -0.4 is 14.4 Å². The molecule has 0 fully saturated rings. The molecule has 5 heteroatoms. The normalized spacial score (nSPS) is 11.0. The molecule has 1 N–H and O–H groups in total. The maximum absolute atomic E-state index is 10.2. The fourth-order valence-corrected chi connectivity index (χ4v) is 3.54. The smallest absolute Gasteiger partial charge is 0.162 e. The lowest BCUT2D eigenvalue weighted by Crippen LogP contribution is -2.22. The molecule has 0 saturated heterocycles. The zero-order chi connectivity index (χ0) is 21.8. The number of hydrogen-bond donors (Lipinski definition) is 1. The Bertz CT molecular complexity index is 1160. The van der Waals surface area contributed by atoms with Crippen LogP contribution in [0.3, 0.4) is 0 Å². The second kappa shape index (κ2) is 8.96. The lowest BCUT2D eigenvalue weighted by atomic mass is 10.1. The molecule has 1 aromatic heterocycles. The van der Waals surface area contributed by atoms with Gasteiger partial charge in [0, 0.05) is 35.6 Å². The lowest BCUT2D eigenvalue weighted by Gasteiger charge is -2.27. The molecule has 0 radical (unpaired) electrons. The predicted molar refractivity (Wildman–Crippen MR) is 125 cm³/mol. The van der Waals surface area contributed by atoms with Crippen molar-refractivity contribution in [3.8, 4) is 23.0 Å². The Morgan fingerprint density at radius 3 is 2.29 bits per heavy atom. The number of anilines is 2. The van der Waals surface area contributed by atoms with E-state index in [0.717, 1.165) is 23.3 Å². The van der Waals surface area contributed by atoms with Crippen molar-refractivity contribution in [3.05, 3.63) is 79.0 Å². The number of aromatic hydroxyl groups is 1. The Morgan fingerprint density at radius 1 is 0.903 bits per heavy atom. The van der Waals surface area contributed by atoms with Crippen molar-refractivity contribution in [2.75, 3.05) is 18.6 Å². The highest BCUT2D eigenvalue weighted by Crippen LogP contribution is 2.37. The first-order chi connectivity index (χ1) is 15.0. The monoisotopic (exact) mass is 414 g/mol. The highest BCUT2D eigenvalue weighted by Gasteiger charge is 2.13. The van der Waals surface area contributed by atoms with E-state index in [2.05, 4.69) is 60.1 Å². The second-order valence-corrected chi connectivity index (χ2v) is 7.79. The van der Waals surface area contributed by atoms with Gasteiger partial charge < -0.3 is 19.5 Å². The molecule has 31 heavy (non-hydrogen) atoms. The minimum absolute atomic E-state index is 0.0513. The number of phenols is 1. The van der Waals surface area contributed by atoms with Crippen LogP contribution in [0.4, 0.5) is 11.4 Å². The number of phenolic OH excluding ortho intramolecular Hbond substituents is 1. The SMILES string of the molecule is COc1cc2nccc(Oc3ccc(N(CC(C)C)c4ccccc4)cc3)c2cc1O. The van der Waals surface area contributed by atoms with Gasteiger partial charge in [-0.1, -0.05) is 32.0 Å². The average Bonchev–Trinajstić information content (AvgIpc) is 2.78. The summed E-state index contributed by atoms with van der Waals surface area (Å²) < 4.78 is 11.3. The molecular weight excluding hydrogens is 388 g/mol. The number of rotatable bonds is 7. The van der Waals surface area contributed by atoms with Crippen LogP contribution in [0.5, 0.6) is 23.0 Å². The Labute approximate surface area is 182 Å². The largest absolute Gasteiger partial charge is 0.504 e. The van der Waals surface area contributed by atoms with Crippen LogP contribution in [0, 0.1) is 5.92 Å². The van der Waals surface area contributed by atoms with Gasteiger partial charge in [0.05, 0.1) is 12.6 Å². The second-order valence-electron chi connectivity index (χ2n) is 7.79. The number of fused-ring (bicyclic) bond motifs is 1. The van der Waals surface area contributed by atoms with Gasteiger partial charge in [-0.2, -0.15) is 0 Å². The van der Waals surface area contributed by atoms with E-state index in [1.54, 1.807) is 24.4 Å². The molecule has 1 heterocycles. The van der Waals surface area contributed by atoms with Gasteiger partial charge >= 0.3 is 0 Å². The van der Waals surface area contributed by atoms with Crippen molar-refractivity contribution in [2.45, 2.75) is 13.8 Å². The minimum atomic E-state index is 0.0513. The highest BCUT2D eigenvalue weighted by molar-refractivity contribution is 5.88. The van der Waals surface area contributed by atoms with E-state index in [4.69, 9.17) is 9.47 Å². The van der Waals surface area contributed by atoms with Crippen molar-refractivity contribution in [1.29, 1.82) is 0 Å². The molecule has 0 aliphatic carbocycles. The summed E-state index contributed by atoms with van der Waals surface area (Å²) in [6.07, 6.45) is 1.68. The third-order valence-corrected chi connectivity index (χ3v) is 4.99. The maximum Gasteiger partial charge on any atom is 0.162 e. The van der Waals surface area contributed by atoms with Gasteiger partial charge in [-0.05, 0) is 54.4 Å². The van der Waals surface area contributed by atoms with Gasteiger partial charge in [0.15, 0.2) is 11.5 Å². The van der Waals surface area contributed by atoms with Crippen molar-refractivity contribution in [3.63, 3.8) is 0 Å². The van der Waals surface area contributed by atoms with Crippen LogP contribution >= 0.6 is 0 Å². The van der Waals surface area contributed by atoms with E-state index in [0.29, 0.717) is 28.7 Å². The summed E-state index contributed by atoms with van der Waals surface area (Å²) >= 11 is 0. The summed E-state index contributed by atoms with van der Waals surface area (Å²) in [5.74, 6) is 2.29. The standard InChI is InChI=1S/C26H26N2O3/c1-18(2)17-28(19-7-5-4-6-8-19)20-9-11-21(12-10-20)31-25-13-14-27-23-16-26(30-3)24(29)15-22(23)25/h4-16,18,29H,17H2,1-3H3. The van der Waals surface area contributed by atoms with E-state index < -0.39 is 0 Å². The molecular formula is C26H26N2O3. The quantitative estimate of drug-likeness (QED) is 0.372. The summed E-state index contributed by atoms with van der Waals surface area (Å²) in [7, 11) is 1.51. The molecule has 0 saturated carbocycles. The number of benzene rings is 3. The van der Waals surface area contributed by atoms with Crippen molar-refractivity contribution in [1.82, 2.24) is 4.98 Å². The van der Waals surface area contributed by atoms with Gasteiger partial charge in [-0.15, -0.1) is 0 Å². The van der Waals surface area contributed by atoms with Gasteiger partial charge in [-0.25, -0.2) is 0 Å². The van der Waals surface area contributed by atoms with Gasteiger partial charge in [0.1, 0.15) is 11.5 Å². The molecule has 0 aliphatic heterocycles. The fourth-order valence-electron chi connectivity index (χ4n) is 3.54. The average molecular weight is 415 g/mol. The molecule has 4 aromatic rings. The van der Waals surface area contributed by atoms with E-state index in [1.165, 1.54) is 7.11 Å². The topological polar surface area (TPSA) is 54.8 Å². The third-order valence-electron chi connectivity index (χ3n) is 4.99. The number of aromatic nitrogens is 1. The van der Waals surface area contributed by atoms with Crippen molar-refractivity contribution < 1.29 is 14.6 Å². The first-order valence-electron chi connectivity index (χ1n) is 10.3. The molecule has 0 aliphatic rings. The summed E-state index contributed by atoms with van der Waals surface area (Å²) in [6, 6.07) is 23.5. The van der Waals surface area contributed by atoms with Crippen LogP contribution in [0.2, 0.25) is 0 Å². The first kappa shape index (κ1) is 20.5. The van der Waals surface area contributed by atoms with E-state index in [1.807, 2.05) is 18.2 Å². The van der Waals surface area contributed by atoms with Gasteiger partial charge in [-0.3, -0.25) is 4.98 Å². The molecule has 158 valence electrons. The molecule has 0 spiro atoms. The summed E-state index contributed by atoms with van der Waals surface area (Å²) in [5, 5.41) is 10.9. The Hall–Kier alpha value is -3.73. The number of methoxy groups -OCH3 is 1. The lowest BCUT2D eigenvalue weighted by molar-refractivity contribution is 0.374. The van der Waals surface area contributed by atoms with E-state index in [9.17, 15) is 5.11 Å². The van der Waals surface area contributed by atoms with Crippen LogP contribution in [-0.2, 0) is 0 Å². The third kappa shape index (κ3) is 4.56. The van der Waals surface area contributed by atoms with Crippen LogP contribution in [0.1, 0.15) is 13.8 Å². The number of ether oxygens (including phenoxy) is 2. The van der Waals surface area contributed by atoms with Crippen LogP contribution in [0.15, 0.2) is 79.0 Å². The zero-order valence-corrected chi connectivity index (χ0v) is 17.9. The van der Waals surface area contributed by atoms with Crippen molar-refractivity contribution in [2.24, 2.45) is 5.92 Å². The number of para-hydroxylation sites is 1. The molecule has 0 bridgehead atoms. The van der Waals surface area contributed by atoms with E-state index >= 15 is 0 Å². The Balaban J connectivity index is 1.62. The Morgan fingerprint density at radius 2 is 1.61 bits per heavy atom. The number of nitrogens with zero attached hydrogens (tertiary/aromatic N) is 2. The predicted octanol–water partition coefficient (Wildman–Crippen LogP) is 6.54. The summed E-state index contributed by atoms with van der Waals surface area (Å²) in [5.41, 5.74) is 2.96. The molecule has 3 aromatic carbocycles. The van der Waals surface area contributed by atoms with Gasteiger partial charge in [0.25, 0.3) is 0 Å². The van der Waals surface area contributed by atoms with Gasteiger partial charge in [0.2, 0.25) is 0 Å². The number of hydrogen-bond acceptors (Lipinski definition) is 5. The highest BCUT2D eigenvalue weighted by atomic mass is 16.5. The van der Waals surface area contributed by atoms with Crippen LogP contribution in [0.25, 0.3) is 10.9 Å². The summed E-state index contributed by atoms with van der Waals surface area (Å²) in [4.78, 5) is 6.66. The number of pyridine rings is 1. The maximum atomic E-state index is 10.2. The first-order valence-corrected chi connectivity index (χ1v) is 10.3. The van der Waals surface area contributed by atoms with Crippen molar-refractivity contribution >= 4 is 22.3 Å².